The Morgan fingerprint density at radius 1 is 1.00 bits per heavy atom. The highest BCUT2D eigenvalue weighted by Gasteiger charge is 2.16. The van der Waals surface area contributed by atoms with Crippen molar-refractivity contribution < 1.29 is 9.47 Å². The Labute approximate surface area is 109 Å². The number of benzene rings is 1. The Balaban J connectivity index is 1.90. The standard InChI is InChI=1S/C15H22NO2/c1-15(2,3)18-13-9-7-12(8-10-13)17-14-6-4-5-11-16-14/h7-10,16H,4-6,11H2,1-3H3. The number of piperidine rings is 1. The normalized spacial score (nSPS) is 17.5. The predicted octanol–water partition coefficient (Wildman–Crippen LogP) is 3.51. The van der Waals surface area contributed by atoms with Crippen molar-refractivity contribution in [2.75, 3.05) is 6.54 Å². The van der Waals surface area contributed by atoms with E-state index in [9.17, 15) is 0 Å². The summed E-state index contributed by atoms with van der Waals surface area (Å²) in [5.74, 6) is 1.73. The van der Waals surface area contributed by atoms with Crippen molar-refractivity contribution in [3.63, 3.8) is 0 Å². The highest BCUT2D eigenvalue weighted by atomic mass is 16.5. The molecule has 0 amide bonds. The van der Waals surface area contributed by atoms with E-state index >= 15 is 0 Å². The van der Waals surface area contributed by atoms with Crippen molar-refractivity contribution in [3.05, 3.63) is 30.5 Å². The van der Waals surface area contributed by atoms with Gasteiger partial charge in [-0.3, -0.25) is 5.32 Å². The van der Waals surface area contributed by atoms with Crippen molar-refractivity contribution in [1.29, 1.82) is 0 Å². The van der Waals surface area contributed by atoms with Gasteiger partial charge in [0.25, 0.3) is 0 Å². The molecule has 0 atom stereocenters. The fourth-order valence-corrected chi connectivity index (χ4v) is 1.89. The van der Waals surface area contributed by atoms with Gasteiger partial charge < -0.3 is 9.47 Å². The van der Waals surface area contributed by atoms with Crippen LogP contribution in [0, 0.1) is 6.23 Å². The molecule has 1 fully saturated rings. The molecular weight excluding hydrogens is 226 g/mol. The van der Waals surface area contributed by atoms with E-state index < -0.39 is 0 Å². The van der Waals surface area contributed by atoms with E-state index in [4.69, 9.17) is 9.47 Å². The Morgan fingerprint density at radius 2 is 1.67 bits per heavy atom. The Kier molecular flexibility index (Phi) is 4.12. The first kappa shape index (κ1) is 13.2. The van der Waals surface area contributed by atoms with Crippen LogP contribution < -0.4 is 14.8 Å². The Hall–Kier alpha value is -1.22. The molecule has 0 saturated carbocycles. The summed E-state index contributed by atoms with van der Waals surface area (Å²) in [7, 11) is 0. The minimum Gasteiger partial charge on any atom is -0.488 e. The maximum atomic E-state index is 5.79. The molecule has 99 valence electrons. The van der Waals surface area contributed by atoms with Crippen molar-refractivity contribution in [1.82, 2.24) is 5.32 Å². The molecule has 3 nitrogen and oxygen atoms in total. The second-order valence-corrected chi connectivity index (χ2v) is 5.59. The van der Waals surface area contributed by atoms with Gasteiger partial charge in [-0.2, -0.15) is 0 Å². The third kappa shape index (κ3) is 4.22. The zero-order valence-corrected chi connectivity index (χ0v) is 11.5. The number of hydrogen-bond acceptors (Lipinski definition) is 3. The first-order valence-corrected chi connectivity index (χ1v) is 6.59. The molecule has 3 heteroatoms. The summed E-state index contributed by atoms with van der Waals surface area (Å²) < 4.78 is 11.6. The van der Waals surface area contributed by atoms with Crippen LogP contribution in [0.25, 0.3) is 0 Å². The number of nitrogens with one attached hydrogen (secondary N) is 1. The summed E-state index contributed by atoms with van der Waals surface area (Å²) in [6.45, 7) is 7.14. The quantitative estimate of drug-likeness (QED) is 0.888. The van der Waals surface area contributed by atoms with Gasteiger partial charge in [-0.1, -0.05) is 0 Å². The van der Waals surface area contributed by atoms with Gasteiger partial charge in [-0.15, -0.1) is 0 Å². The van der Waals surface area contributed by atoms with Crippen LogP contribution in [0.5, 0.6) is 11.5 Å². The maximum Gasteiger partial charge on any atom is 0.214 e. The van der Waals surface area contributed by atoms with Crippen LogP contribution in [-0.2, 0) is 0 Å². The van der Waals surface area contributed by atoms with Gasteiger partial charge in [0, 0.05) is 6.42 Å². The van der Waals surface area contributed by atoms with Crippen LogP contribution in [0.2, 0.25) is 0 Å². The summed E-state index contributed by atoms with van der Waals surface area (Å²) in [6, 6.07) is 7.79. The molecule has 18 heavy (non-hydrogen) atoms. The molecule has 2 rings (SSSR count). The highest BCUT2D eigenvalue weighted by Crippen LogP contribution is 2.24. The molecule has 1 N–H and O–H groups in total. The molecule has 1 heterocycles. The second-order valence-electron chi connectivity index (χ2n) is 5.59. The predicted molar refractivity (Wildman–Crippen MR) is 72.5 cm³/mol. The van der Waals surface area contributed by atoms with Gasteiger partial charge in [-0.25, -0.2) is 0 Å². The van der Waals surface area contributed by atoms with Crippen LogP contribution in [0.1, 0.15) is 40.0 Å². The fourth-order valence-electron chi connectivity index (χ4n) is 1.89. The van der Waals surface area contributed by atoms with Crippen molar-refractivity contribution in [2.24, 2.45) is 0 Å². The lowest BCUT2D eigenvalue weighted by molar-refractivity contribution is 0.130. The first-order chi connectivity index (χ1) is 8.53. The lowest BCUT2D eigenvalue weighted by Gasteiger charge is -2.23. The van der Waals surface area contributed by atoms with E-state index in [2.05, 4.69) is 5.32 Å². The van der Waals surface area contributed by atoms with Crippen molar-refractivity contribution in [3.8, 4) is 11.5 Å². The van der Waals surface area contributed by atoms with Crippen LogP contribution in [-0.4, -0.2) is 12.1 Å². The topological polar surface area (TPSA) is 30.5 Å². The molecule has 1 aliphatic heterocycles. The Bertz CT molecular complexity index is 361. The van der Waals surface area contributed by atoms with Gasteiger partial charge in [0.2, 0.25) is 6.23 Å². The molecule has 0 spiro atoms. The van der Waals surface area contributed by atoms with Crippen LogP contribution in [0.15, 0.2) is 24.3 Å². The fraction of sp³-hybridized carbons (Fsp3) is 0.533. The number of rotatable bonds is 3. The smallest absolute Gasteiger partial charge is 0.214 e. The van der Waals surface area contributed by atoms with E-state index in [-0.39, 0.29) is 5.60 Å². The third-order valence-electron chi connectivity index (χ3n) is 2.64. The third-order valence-corrected chi connectivity index (χ3v) is 2.64. The molecule has 0 aliphatic carbocycles. The first-order valence-electron chi connectivity index (χ1n) is 6.59. The summed E-state index contributed by atoms with van der Waals surface area (Å²) in [5.41, 5.74) is -0.165. The maximum absolute atomic E-state index is 5.79. The van der Waals surface area contributed by atoms with Crippen molar-refractivity contribution >= 4 is 0 Å². The van der Waals surface area contributed by atoms with E-state index in [1.54, 1.807) is 0 Å². The monoisotopic (exact) mass is 248 g/mol. The molecule has 1 aromatic rings. The van der Waals surface area contributed by atoms with E-state index in [0.717, 1.165) is 30.7 Å². The minimum atomic E-state index is -0.165. The van der Waals surface area contributed by atoms with Gasteiger partial charge in [0.15, 0.2) is 0 Å². The summed E-state index contributed by atoms with van der Waals surface area (Å²) in [6.07, 6.45) is 4.41. The molecule has 0 aromatic heterocycles. The minimum absolute atomic E-state index is 0.165. The molecule has 0 unspecified atom stereocenters. The van der Waals surface area contributed by atoms with Gasteiger partial charge in [0.05, 0.1) is 0 Å². The number of hydrogen-bond donors (Lipinski definition) is 1. The molecular formula is C15H22NO2. The van der Waals surface area contributed by atoms with Crippen LogP contribution in [0.3, 0.4) is 0 Å². The zero-order valence-electron chi connectivity index (χ0n) is 11.5. The lowest BCUT2D eigenvalue weighted by Crippen LogP contribution is -2.30. The van der Waals surface area contributed by atoms with Gasteiger partial charge in [-0.05, 0) is 64.4 Å². The average molecular weight is 248 g/mol. The van der Waals surface area contributed by atoms with Crippen LogP contribution >= 0.6 is 0 Å². The van der Waals surface area contributed by atoms with E-state index in [1.165, 1.54) is 12.8 Å². The SMILES string of the molecule is CC(C)(C)Oc1ccc(O[C]2CCCCN2)cc1. The summed E-state index contributed by atoms with van der Waals surface area (Å²) in [4.78, 5) is 0. The van der Waals surface area contributed by atoms with Gasteiger partial charge in [0.1, 0.15) is 17.1 Å². The number of ether oxygens (including phenoxy) is 2. The molecule has 1 radical (unpaired) electrons. The summed E-state index contributed by atoms with van der Waals surface area (Å²) in [5, 5.41) is 3.28. The molecule has 1 saturated heterocycles. The Morgan fingerprint density at radius 3 is 2.22 bits per heavy atom. The molecule has 0 bridgehead atoms. The van der Waals surface area contributed by atoms with E-state index in [1.807, 2.05) is 45.0 Å². The molecule has 1 aromatic carbocycles. The van der Waals surface area contributed by atoms with E-state index in [0.29, 0.717) is 0 Å². The van der Waals surface area contributed by atoms with Crippen LogP contribution in [0.4, 0.5) is 0 Å². The molecule has 1 aliphatic rings. The lowest BCUT2D eigenvalue weighted by atomic mass is 10.1. The second kappa shape index (κ2) is 5.61. The average Bonchev–Trinajstić information content (AvgIpc) is 2.31. The zero-order chi connectivity index (χ0) is 13.0. The highest BCUT2D eigenvalue weighted by molar-refractivity contribution is 5.32. The van der Waals surface area contributed by atoms with Crippen molar-refractivity contribution in [2.45, 2.75) is 45.6 Å². The van der Waals surface area contributed by atoms with Gasteiger partial charge >= 0.3 is 0 Å². The summed E-state index contributed by atoms with van der Waals surface area (Å²) >= 11 is 0. The largest absolute Gasteiger partial charge is 0.488 e.